The number of Topliss-reactive ketones (excluding diaryl/α,β-unsaturated/α-hetero) is 1. The van der Waals surface area contributed by atoms with E-state index < -0.39 is 29.3 Å². The minimum absolute atomic E-state index is 0.395. The van der Waals surface area contributed by atoms with Gasteiger partial charge >= 0.3 is 12.3 Å². The smallest absolute Gasteiger partial charge is 0.427 e. The molecule has 0 atom stereocenters. The molecule has 2 rings (SSSR count). The summed E-state index contributed by atoms with van der Waals surface area (Å²) in [5.41, 5.74) is -0.345. The van der Waals surface area contributed by atoms with E-state index in [1.807, 2.05) is 4.90 Å². The van der Waals surface area contributed by atoms with Gasteiger partial charge in [0.2, 0.25) is 0 Å². The van der Waals surface area contributed by atoms with Gasteiger partial charge in [-0.25, -0.2) is 4.79 Å². The summed E-state index contributed by atoms with van der Waals surface area (Å²) in [6.07, 6.45) is -5.66. The zero-order valence-electron chi connectivity index (χ0n) is 14.8. The largest absolute Gasteiger partial charge is 0.528 e. The van der Waals surface area contributed by atoms with Crippen molar-refractivity contribution in [3.8, 4) is 0 Å². The van der Waals surface area contributed by atoms with Crippen molar-refractivity contribution >= 4 is 17.6 Å². The van der Waals surface area contributed by atoms with Crippen LogP contribution in [0.1, 0.15) is 31.1 Å². The molecule has 1 aliphatic heterocycles. The Kier molecular flexibility index (Phi) is 5.80. The summed E-state index contributed by atoms with van der Waals surface area (Å²) >= 11 is 0. The number of hydrogen-bond donors (Lipinski definition) is 0. The van der Waals surface area contributed by atoms with E-state index in [0.717, 1.165) is 12.1 Å². The van der Waals surface area contributed by atoms with Crippen molar-refractivity contribution in [2.75, 3.05) is 31.1 Å². The topological polar surface area (TPSA) is 59.1 Å². The molecular weight excluding hydrogens is 353 g/mol. The quantitative estimate of drug-likeness (QED) is 0.597. The predicted molar refractivity (Wildman–Crippen MR) is 87.9 cm³/mol. The number of hydroxylamine groups is 2. The van der Waals surface area contributed by atoms with E-state index >= 15 is 0 Å². The van der Waals surface area contributed by atoms with Gasteiger partial charge in [-0.1, -0.05) is 0 Å². The lowest BCUT2D eigenvalue weighted by atomic mass is 10.1. The van der Waals surface area contributed by atoms with Gasteiger partial charge in [-0.15, -0.1) is 5.06 Å². The number of halogens is 3. The molecule has 9 heteroatoms. The number of carbonyl (C=O) groups is 2. The maximum absolute atomic E-state index is 12.4. The number of anilines is 1. The fraction of sp³-hybridized carbons (Fsp3) is 0.529. The highest BCUT2D eigenvalue weighted by Gasteiger charge is 2.39. The highest BCUT2D eigenvalue weighted by Crippen LogP contribution is 2.24. The van der Waals surface area contributed by atoms with Crippen LogP contribution >= 0.6 is 0 Å². The number of nitrogens with zero attached hydrogens (tertiary/aromatic N) is 2. The summed E-state index contributed by atoms with van der Waals surface area (Å²) in [4.78, 5) is 29.9. The van der Waals surface area contributed by atoms with Crippen LogP contribution in [-0.2, 0) is 9.57 Å². The van der Waals surface area contributed by atoms with Crippen LogP contribution in [0.15, 0.2) is 24.3 Å². The van der Waals surface area contributed by atoms with Gasteiger partial charge in [0.25, 0.3) is 5.78 Å². The van der Waals surface area contributed by atoms with Gasteiger partial charge < -0.3 is 14.5 Å². The molecule has 0 bridgehead atoms. The zero-order valence-corrected chi connectivity index (χ0v) is 14.8. The van der Waals surface area contributed by atoms with Crippen molar-refractivity contribution in [1.82, 2.24) is 5.06 Å². The number of carbonyl (C=O) groups excluding carboxylic acids is 2. The molecule has 1 saturated heterocycles. The Morgan fingerprint density at radius 2 is 1.50 bits per heavy atom. The fourth-order valence-corrected chi connectivity index (χ4v) is 2.40. The average Bonchev–Trinajstić information content (AvgIpc) is 2.52. The number of rotatable bonds is 3. The van der Waals surface area contributed by atoms with Crippen LogP contribution in [0.5, 0.6) is 0 Å². The molecule has 0 N–H and O–H groups in total. The summed E-state index contributed by atoms with van der Waals surface area (Å²) in [5, 5.41) is 1.48. The molecule has 6 nitrogen and oxygen atoms in total. The van der Waals surface area contributed by atoms with E-state index in [1.54, 1.807) is 20.8 Å². The third-order valence-corrected chi connectivity index (χ3v) is 3.58. The monoisotopic (exact) mass is 374 g/mol. The van der Waals surface area contributed by atoms with Gasteiger partial charge in [0.15, 0.2) is 0 Å². The van der Waals surface area contributed by atoms with Crippen molar-refractivity contribution in [2.24, 2.45) is 0 Å². The summed E-state index contributed by atoms with van der Waals surface area (Å²) in [5.74, 6) is -1.86. The maximum atomic E-state index is 12.4. The van der Waals surface area contributed by atoms with Crippen LogP contribution in [0.3, 0.4) is 0 Å². The van der Waals surface area contributed by atoms with E-state index in [4.69, 9.17) is 9.57 Å². The maximum Gasteiger partial charge on any atom is 0.528 e. The number of ether oxygens (including phenoxy) is 1. The molecule has 0 unspecified atom stereocenters. The Bertz CT molecular complexity index is 645. The van der Waals surface area contributed by atoms with E-state index in [-0.39, 0.29) is 0 Å². The predicted octanol–water partition coefficient (Wildman–Crippen LogP) is 3.42. The highest BCUT2D eigenvalue weighted by atomic mass is 19.4. The number of ketones is 1. The highest BCUT2D eigenvalue weighted by molar-refractivity contribution is 6.00. The Morgan fingerprint density at radius 1 is 0.962 bits per heavy atom. The van der Waals surface area contributed by atoms with Crippen LogP contribution in [-0.4, -0.2) is 55.0 Å². The molecule has 0 amide bonds. The van der Waals surface area contributed by atoms with Gasteiger partial charge in [0.1, 0.15) is 5.60 Å². The molecule has 0 radical (unpaired) electrons. The lowest BCUT2D eigenvalue weighted by Gasteiger charge is -2.35. The van der Waals surface area contributed by atoms with Crippen molar-refractivity contribution in [3.05, 3.63) is 29.8 Å². The SMILES string of the molecule is CC(C)(C)OC(=O)ON1CCN(c2ccc(C(=O)C(F)(F)F)cc2)CC1. The van der Waals surface area contributed by atoms with Crippen molar-refractivity contribution in [3.63, 3.8) is 0 Å². The Morgan fingerprint density at radius 3 is 1.96 bits per heavy atom. The molecule has 26 heavy (non-hydrogen) atoms. The van der Waals surface area contributed by atoms with Gasteiger partial charge in [-0.05, 0) is 45.0 Å². The molecular formula is C17H21F3N2O4. The second-order valence-corrected chi connectivity index (χ2v) is 6.85. The lowest BCUT2D eigenvalue weighted by Crippen LogP contribution is -2.47. The second-order valence-electron chi connectivity index (χ2n) is 6.85. The van der Waals surface area contributed by atoms with Gasteiger partial charge in [0, 0.05) is 24.3 Å². The van der Waals surface area contributed by atoms with Crippen LogP contribution in [0.2, 0.25) is 0 Å². The van der Waals surface area contributed by atoms with Gasteiger partial charge in [-0.3, -0.25) is 4.79 Å². The normalized spacial score (nSPS) is 16.3. The summed E-state index contributed by atoms with van der Waals surface area (Å²) in [6, 6.07) is 5.27. The summed E-state index contributed by atoms with van der Waals surface area (Å²) < 4.78 is 42.3. The van der Waals surface area contributed by atoms with Gasteiger partial charge in [-0.2, -0.15) is 13.2 Å². The minimum Gasteiger partial charge on any atom is -0.427 e. The Labute approximate surface area is 149 Å². The molecule has 0 aliphatic carbocycles. The molecule has 1 aliphatic rings. The average molecular weight is 374 g/mol. The first-order valence-corrected chi connectivity index (χ1v) is 8.08. The van der Waals surface area contributed by atoms with E-state index in [2.05, 4.69) is 0 Å². The van der Waals surface area contributed by atoms with E-state index in [0.29, 0.717) is 31.9 Å². The lowest BCUT2D eigenvalue weighted by molar-refractivity contribution is -0.144. The number of alkyl halides is 3. The summed E-state index contributed by atoms with van der Waals surface area (Å²) in [6.45, 7) is 7.06. The van der Waals surface area contributed by atoms with Crippen LogP contribution in [0.4, 0.5) is 23.7 Å². The number of piperazine rings is 1. The van der Waals surface area contributed by atoms with E-state index in [1.165, 1.54) is 17.2 Å². The number of benzene rings is 1. The minimum atomic E-state index is -4.88. The van der Waals surface area contributed by atoms with Crippen molar-refractivity contribution < 1.29 is 32.3 Å². The third kappa shape index (κ3) is 5.62. The van der Waals surface area contributed by atoms with Gasteiger partial charge in [0.05, 0.1) is 13.1 Å². The Balaban J connectivity index is 1.88. The first-order chi connectivity index (χ1) is 12.0. The molecule has 1 aromatic rings. The fourth-order valence-electron chi connectivity index (χ4n) is 2.40. The molecule has 144 valence electrons. The first-order valence-electron chi connectivity index (χ1n) is 8.08. The molecule has 1 aromatic carbocycles. The summed E-state index contributed by atoms with van der Waals surface area (Å²) in [7, 11) is 0. The molecule has 0 aromatic heterocycles. The van der Waals surface area contributed by atoms with Crippen LogP contribution in [0.25, 0.3) is 0 Å². The van der Waals surface area contributed by atoms with Crippen LogP contribution in [0, 0.1) is 0 Å². The van der Waals surface area contributed by atoms with Crippen LogP contribution < -0.4 is 4.90 Å². The molecule has 0 spiro atoms. The molecule has 0 saturated carbocycles. The standard InChI is InChI=1S/C17H21F3N2O4/c1-16(2,3)25-15(24)26-22-10-8-21(9-11-22)13-6-4-12(5-7-13)14(23)17(18,19)20/h4-7H,8-11H2,1-3H3. The van der Waals surface area contributed by atoms with Crippen molar-refractivity contribution in [2.45, 2.75) is 32.5 Å². The molecule has 1 heterocycles. The number of hydrogen-bond acceptors (Lipinski definition) is 6. The first kappa shape index (κ1) is 20.0. The Hall–Kier alpha value is -2.29. The second kappa shape index (κ2) is 7.53. The third-order valence-electron chi connectivity index (χ3n) is 3.58. The zero-order chi connectivity index (χ0) is 19.5. The van der Waals surface area contributed by atoms with E-state index in [9.17, 15) is 22.8 Å². The molecule has 1 fully saturated rings. The van der Waals surface area contributed by atoms with Crippen molar-refractivity contribution in [1.29, 1.82) is 0 Å².